The molecule has 0 radical (unpaired) electrons. The highest BCUT2D eigenvalue weighted by molar-refractivity contribution is 6.16. The molecule has 0 fully saturated rings. The molecule has 2 rings (SSSR count). The van der Waals surface area contributed by atoms with E-state index in [2.05, 4.69) is 15.1 Å². The minimum atomic E-state index is 0.392. The summed E-state index contributed by atoms with van der Waals surface area (Å²) in [7, 11) is 1.86. The van der Waals surface area contributed by atoms with E-state index in [0.29, 0.717) is 11.7 Å². The summed E-state index contributed by atoms with van der Waals surface area (Å²) >= 11 is 5.75. The van der Waals surface area contributed by atoms with Crippen molar-refractivity contribution in [2.24, 2.45) is 7.05 Å². The summed E-state index contributed by atoms with van der Waals surface area (Å²) in [4.78, 5) is 8.64. The van der Waals surface area contributed by atoms with Crippen molar-refractivity contribution in [2.75, 3.05) is 0 Å². The quantitative estimate of drug-likeness (QED) is 0.730. The summed E-state index contributed by atoms with van der Waals surface area (Å²) in [5.41, 5.74) is 2.50. The van der Waals surface area contributed by atoms with Crippen LogP contribution in [0.15, 0.2) is 18.3 Å². The van der Waals surface area contributed by atoms with Gasteiger partial charge in [-0.05, 0) is 19.1 Å². The molecule has 0 aliphatic heterocycles. The molecular formula is C10H11ClN4. The Hall–Kier alpha value is -1.42. The van der Waals surface area contributed by atoms with Crippen LogP contribution in [0, 0.1) is 6.92 Å². The predicted molar refractivity (Wildman–Crippen MR) is 58.5 cm³/mol. The van der Waals surface area contributed by atoms with Gasteiger partial charge in [-0.15, -0.1) is 11.6 Å². The Balaban J connectivity index is 2.48. The van der Waals surface area contributed by atoms with E-state index >= 15 is 0 Å². The van der Waals surface area contributed by atoms with Crippen molar-refractivity contribution in [1.82, 2.24) is 19.7 Å². The van der Waals surface area contributed by atoms with Crippen LogP contribution < -0.4 is 0 Å². The molecule has 4 nitrogen and oxygen atoms in total. The molecule has 0 saturated carbocycles. The molecule has 15 heavy (non-hydrogen) atoms. The van der Waals surface area contributed by atoms with Crippen LogP contribution in [-0.2, 0) is 12.9 Å². The van der Waals surface area contributed by atoms with Crippen molar-refractivity contribution in [2.45, 2.75) is 12.8 Å². The van der Waals surface area contributed by atoms with Gasteiger partial charge in [0.25, 0.3) is 0 Å². The number of aryl methyl sites for hydroxylation is 2. The molecule has 0 N–H and O–H groups in total. The molecule has 0 aliphatic carbocycles. The van der Waals surface area contributed by atoms with Crippen LogP contribution in [0.25, 0.3) is 11.5 Å². The SMILES string of the molecule is Cc1cc(CCl)nc(-c2ccn(C)n2)n1. The van der Waals surface area contributed by atoms with Gasteiger partial charge in [0, 0.05) is 18.9 Å². The largest absolute Gasteiger partial charge is 0.275 e. The number of hydrogen-bond donors (Lipinski definition) is 0. The third kappa shape index (κ3) is 2.15. The Morgan fingerprint density at radius 2 is 2.20 bits per heavy atom. The van der Waals surface area contributed by atoms with E-state index in [9.17, 15) is 0 Å². The first-order chi connectivity index (χ1) is 7.19. The summed E-state index contributed by atoms with van der Waals surface area (Å²) in [6.07, 6.45) is 1.86. The topological polar surface area (TPSA) is 43.6 Å². The van der Waals surface area contributed by atoms with E-state index in [-0.39, 0.29) is 0 Å². The van der Waals surface area contributed by atoms with Gasteiger partial charge in [-0.3, -0.25) is 4.68 Å². The Morgan fingerprint density at radius 1 is 1.40 bits per heavy atom. The van der Waals surface area contributed by atoms with E-state index in [1.165, 1.54) is 0 Å². The first-order valence-electron chi connectivity index (χ1n) is 4.59. The fourth-order valence-electron chi connectivity index (χ4n) is 1.35. The zero-order chi connectivity index (χ0) is 10.8. The monoisotopic (exact) mass is 222 g/mol. The molecule has 2 aromatic rings. The Kier molecular flexibility index (Phi) is 2.68. The summed E-state index contributed by atoms with van der Waals surface area (Å²) in [5.74, 6) is 1.02. The molecule has 0 aliphatic rings. The Morgan fingerprint density at radius 3 is 2.80 bits per heavy atom. The maximum atomic E-state index is 5.75. The molecule has 0 bridgehead atoms. The second kappa shape index (κ2) is 3.98. The van der Waals surface area contributed by atoms with Gasteiger partial charge in [0.05, 0.1) is 11.6 Å². The third-order valence-corrected chi connectivity index (χ3v) is 2.26. The second-order valence-corrected chi connectivity index (χ2v) is 3.60. The summed E-state index contributed by atoms with van der Waals surface area (Å²) in [5, 5.41) is 4.25. The van der Waals surface area contributed by atoms with Crippen molar-refractivity contribution in [3.63, 3.8) is 0 Å². The summed E-state index contributed by atoms with van der Waals surface area (Å²) < 4.78 is 1.72. The fourth-order valence-corrected chi connectivity index (χ4v) is 1.49. The Labute approximate surface area is 92.9 Å². The predicted octanol–water partition coefficient (Wildman–Crippen LogP) is 1.92. The normalized spacial score (nSPS) is 10.6. The number of alkyl halides is 1. The first-order valence-corrected chi connectivity index (χ1v) is 5.13. The minimum absolute atomic E-state index is 0.392. The van der Waals surface area contributed by atoms with Crippen LogP contribution >= 0.6 is 11.6 Å². The molecule has 0 aromatic carbocycles. The molecule has 0 amide bonds. The van der Waals surface area contributed by atoms with E-state index in [4.69, 9.17) is 11.6 Å². The van der Waals surface area contributed by atoms with Crippen molar-refractivity contribution in [1.29, 1.82) is 0 Å². The lowest BCUT2D eigenvalue weighted by atomic mass is 10.3. The van der Waals surface area contributed by atoms with E-state index < -0.39 is 0 Å². The van der Waals surface area contributed by atoms with Crippen molar-refractivity contribution >= 4 is 11.6 Å². The fraction of sp³-hybridized carbons (Fsp3) is 0.300. The molecule has 5 heteroatoms. The average Bonchev–Trinajstić information content (AvgIpc) is 2.64. The van der Waals surface area contributed by atoms with Crippen LogP contribution in [0.1, 0.15) is 11.4 Å². The summed E-state index contributed by atoms with van der Waals surface area (Å²) in [6.45, 7) is 1.92. The second-order valence-electron chi connectivity index (χ2n) is 3.33. The first kappa shape index (κ1) is 10.1. The van der Waals surface area contributed by atoms with Crippen LogP contribution in [0.4, 0.5) is 0 Å². The molecule has 2 aromatic heterocycles. The molecule has 0 spiro atoms. The van der Waals surface area contributed by atoms with Gasteiger partial charge < -0.3 is 0 Å². The smallest absolute Gasteiger partial charge is 0.180 e. The van der Waals surface area contributed by atoms with Gasteiger partial charge in [-0.2, -0.15) is 5.10 Å². The number of nitrogens with zero attached hydrogens (tertiary/aromatic N) is 4. The van der Waals surface area contributed by atoms with Crippen LogP contribution in [-0.4, -0.2) is 19.7 Å². The van der Waals surface area contributed by atoms with E-state index in [1.54, 1.807) is 4.68 Å². The average molecular weight is 223 g/mol. The van der Waals surface area contributed by atoms with Gasteiger partial charge in [-0.25, -0.2) is 9.97 Å². The molecule has 0 atom stereocenters. The van der Waals surface area contributed by atoms with Crippen molar-refractivity contribution in [3.8, 4) is 11.5 Å². The highest BCUT2D eigenvalue weighted by Crippen LogP contribution is 2.13. The number of aromatic nitrogens is 4. The van der Waals surface area contributed by atoms with Crippen LogP contribution in [0.5, 0.6) is 0 Å². The van der Waals surface area contributed by atoms with E-state index in [1.807, 2.05) is 32.3 Å². The molecule has 0 unspecified atom stereocenters. The van der Waals surface area contributed by atoms with Crippen molar-refractivity contribution in [3.05, 3.63) is 29.7 Å². The minimum Gasteiger partial charge on any atom is -0.275 e. The van der Waals surface area contributed by atoms with E-state index in [0.717, 1.165) is 17.1 Å². The van der Waals surface area contributed by atoms with Gasteiger partial charge in [0.1, 0.15) is 5.69 Å². The molecule has 78 valence electrons. The highest BCUT2D eigenvalue weighted by atomic mass is 35.5. The number of halogens is 1. The Bertz CT molecular complexity index is 478. The standard InChI is InChI=1S/C10H11ClN4/c1-7-5-8(6-11)13-10(12-7)9-3-4-15(2)14-9/h3-5H,6H2,1-2H3. The van der Waals surface area contributed by atoms with Gasteiger partial charge in [0.15, 0.2) is 5.82 Å². The molecule has 0 saturated heterocycles. The maximum absolute atomic E-state index is 5.75. The maximum Gasteiger partial charge on any atom is 0.180 e. The van der Waals surface area contributed by atoms with Crippen LogP contribution in [0.3, 0.4) is 0 Å². The zero-order valence-electron chi connectivity index (χ0n) is 8.61. The lowest BCUT2D eigenvalue weighted by Crippen LogP contribution is -1.97. The van der Waals surface area contributed by atoms with Gasteiger partial charge in [-0.1, -0.05) is 0 Å². The van der Waals surface area contributed by atoms with Crippen molar-refractivity contribution < 1.29 is 0 Å². The third-order valence-electron chi connectivity index (χ3n) is 1.99. The lowest BCUT2D eigenvalue weighted by molar-refractivity contribution is 0.768. The number of hydrogen-bond acceptors (Lipinski definition) is 3. The van der Waals surface area contributed by atoms with Gasteiger partial charge >= 0.3 is 0 Å². The molecular weight excluding hydrogens is 212 g/mol. The zero-order valence-corrected chi connectivity index (χ0v) is 9.36. The number of rotatable bonds is 2. The summed E-state index contributed by atoms with van der Waals surface area (Å²) in [6, 6.07) is 3.76. The highest BCUT2D eigenvalue weighted by Gasteiger charge is 2.06. The van der Waals surface area contributed by atoms with Crippen LogP contribution in [0.2, 0.25) is 0 Å². The molecule has 2 heterocycles. The lowest BCUT2D eigenvalue weighted by Gasteiger charge is -2.00. The van der Waals surface area contributed by atoms with Gasteiger partial charge in [0.2, 0.25) is 0 Å².